The Morgan fingerprint density at radius 3 is 2.80 bits per heavy atom. The van der Waals surface area contributed by atoms with E-state index in [1.54, 1.807) is 18.2 Å². The molecule has 0 saturated heterocycles. The van der Waals surface area contributed by atoms with Crippen molar-refractivity contribution in [2.45, 2.75) is 0 Å². The Bertz CT molecular complexity index is 432. The van der Waals surface area contributed by atoms with Gasteiger partial charge in [0.05, 0.1) is 0 Å². The molecular formula is C10H7ClFN3. The summed E-state index contributed by atoms with van der Waals surface area (Å²) in [5, 5.41) is 3.25. The zero-order valence-corrected chi connectivity index (χ0v) is 8.37. The zero-order chi connectivity index (χ0) is 10.7. The van der Waals surface area contributed by atoms with Crippen LogP contribution < -0.4 is 5.32 Å². The monoisotopic (exact) mass is 223 g/mol. The van der Waals surface area contributed by atoms with Crippen molar-refractivity contribution >= 4 is 23.1 Å². The lowest BCUT2D eigenvalue weighted by atomic mass is 10.3. The summed E-state index contributed by atoms with van der Waals surface area (Å²) in [6, 6.07) is 7.65. The Balaban J connectivity index is 2.22. The summed E-state index contributed by atoms with van der Waals surface area (Å²) in [5.41, 5.74) is 0.616. The summed E-state index contributed by atoms with van der Waals surface area (Å²) in [6.45, 7) is 0. The number of rotatable bonds is 2. The van der Waals surface area contributed by atoms with E-state index < -0.39 is 0 Å². The first-order chi connectivity index (χ1) is 7.24. The molecule has 2 aromatic rings. The Morgan fingerprint density at radius 2 is 2.07 bits per heavy atom. The van der Waals surface area contributed by atoms with Crippen LogP contribution in [0.1, 0.15) is 0 Å². The predicted octanol–water partition coefficient (Wildman–Crippen LogP) is 3.01. The van der Waals surface area contributed by atoms with Crippen molar-refractivity contribution in [2.75, 3.05) is 5.32 Å². The van der Waals surface area contributed by atoms with E-state index in [-0.39, 0.29) is 5.82 Å². The van der Waals surface area contributed by atoms with E-state index in [9.17, 15) is 4.39 Å². The first kappa shape index (κ1) is 9.86. The quantitative estimate of drug-likeness (QED) is 0.796. The number of hydrogen-bond acceptors (Lipinski definition) is 3. The molecule has 1 heterocycles. The summed E-state index contributed by atoms with van der Waals surface area (Å²) in [6.07, 6.45) is 1.34. The molecule has 0 atom stereocenters. The van der Waals surface area contributed by atoms with Crippen LogP contribution in [-0.4, -0.2) is 9.97 Å². The number of hydrogen-bond donors (Lipinski definition) is 1. The first-order valence-electron chi connectivity index (χ1n) is 4.24. The van der Waals surface area contributed by atoms with E-state index in [2.05, 4.69) is 15.3 Å². The van der Waals surface area contributed by atoms with Crippen LogP contribution in [0.2, 0.25) is 5.15 Å². The van der Waals surface area contributed by atoms with Gasteiger partial charge in [-0.15, -0.1) is 0 Å². The van der Waals surface area contributed by atoms with Crippen molar-refractivity contribution in [3.63, 3.8) is 0 Å². The average molecular weight is 224 g/mol. The zero-order valence-electron chi connectivity index (χ0n) is 7.61. The van der Waals surface area contributed by atoms with Crippen LogP contribution in [0.5, 0.6) is 0 Å². The lowest BCUT2D eigenvalue weighted by Crippen LogP contribution is -1.94. The lowest BCUT2D eigenvalue weighted by molar-refractivity contribution is 0.628. The van der Waals surface area contributed by atoms with E-state index in [0.29, 0.717) is 16.7 Å². The number of anilines is 2. The second-order valence-electron chi connectivity index (χ2n) is 2.86. The summed E-state index contributed by atoms with van der Waals surface area (Å²) in [4.78, 5) is 7.67. The smallest absolute Gasteiger partial charge is 0.135 e. The highest BCUT2D eigenvalue weighted by molar-refractivity contribution is 6.29. The molecule has 0 bridgehead atoms. The molecule has 0 fully saturated rings. The van der Waals surface area contributed by atoms with Gasteiger partial charge in [0, 0.05) is 11.8 Å². The molecule has 0 saturated carbocycles. The molecule has 1 N–H and O–H groups in total. The van der Waals surface area contributed by atoms with Gasteiger partial charge >= 0.3 is 0 Å². The molecule has 0 aliphatic rings. The fraction of sp³-hybridized carbons (Fsp3) is 0. The Hall–Kier alpha value is -1.68. The van der Waals surface area contributed by atoms with Gasteiger partial charge in [-0.3, -0.25) is 0 Å². The van der Waals surface area contributed by atoms with Crippen LogP contribution in [-0.2, 0) is 0 Å². The molecule has 15 heavy (non-hydrogen) atoms. The normalized spacial score (nSPS) is 10.0. The molecule has 0 unspecified atom stereocenters. The third kappa shape index (κ3) is 2.63. The van der Waals surface area contributed by atoms with Crippen molar-refractivity contribution in [3.8, 4) is 0 Å². The predicted molar refractivity (Wildman–Crippen MR) is 56.7 cm³/mol. The van der Waals surface area contributed by atoms with Crippen LogP contribution in [0, 0.1) is 5.82 Å². The molecule has 76 valence electrons. The third-order valence-electron chi connectivity index (χ3n) is 1.73. The summed E-state index contributed by atoms with van der Waals surface area (Å²) >= 11 is 5.68. The minimum absolute atomic E-state index is 0.305. The van der Waals surface area contributed by atoms with Crippen LogP contribution in [0.4, 0.5) is 15.9 Å². The first-order valence-corrected chi connectivity index (χ1v) is 4.62. The summed E-state index contributed by atoms with van der Waals surface area (Å²) in [7, 11) is 0. The summed E-state index contributed by atoms with van der Waals surface area (Å²) in [5.74, 6) is 0.223. The highest BCUT2D eigenvalue weighted by atomic mass is 35.5. The van der Waals surface area contributed by atoms with Crippen LogP contribution >= 0.6 is 11.6 Å². The van der Waals surface area contributed by atoms with Crippen molar-refractivity contribution in [1.82, 2.24) is 9.97 Å². The average Bonchev–Trinajstić information content (AvgIpc) is 2.17. The minimum atomic E-state index is -0.305. The van der Waals surface area contributed by atoms with Gasteiger partial charge < -0.3 is 5.32 Å². The van der Waals surface area contributed by atoms with Crippen molar-refractivity contribution in [2.24, 2.45) is 0 Å². The van der Waals surface area contributed by atoms with E-state index >= 15 is 0 Å². The van der Waals surface area contributed by atoms with Crippen LogP contribution in [0.15, 0.2) is 36.7 Å². The highest BCUT2D eigenvalue weighted by Gasteiger charge is 1.98. The lowest BCUT2D eigenvalue weighted by Gasteiger charge is -2.04. The Morgan fingerprint density at radius 1 is 1.20 bits per heavy atom. The van der Waals surface area contributed by atoms with Crippen molar-refractivity contribution in [3.05, 3.63) is 47.6 Å². The topological polar surface area (TPSA) is 37.8 Å². The molecule has 0 spiro atoms. The number of nitrogens with one attached hydrogen (secondary N) is 1. The molecule has 0 aliphatic carbocycles. The maximum absolute atomic E-state index is 12.9. The van der Waals surface area contributed by atoms with Gasteiger partial charge in [-0.05, 0) is 18.2 Å². The van der Waals surface area contributed by atoms with Gasteiger partial charge in [-0.1, -0.05) is 17.7 Å². The highest BCUT2D eigenvalue weighted by Crippen LogP contribution is 2.16. The Labute approximate surface area is 90.9 Å². The van der Waals surface area contributed by atoms with Crippen LogP contribution in [0.3, 0.4) is 0 Å². The number of halogens is 2. The van der Waals surface area contributed by atoms with Gasteiger partial charge in [-0.2, -0.15) is 0 Å². The number of aromatic nitrogens is 2. The summed E-state index contributed by atoms with van der Waals surface area (Å²) < 4.78 is 12.9. The second kappa shape index (κ2) is 4.23. The molecule has 2 rings (SSSR count). The maximum atomic E-state index is 12.9. The SMILES string of the molecule is Fc1cccc(Nc2cc(Cl)ncn2)c1. The fourth-order valence-electron chi connectivity index (χ4n) is 1.12. The molecular weight excluding hydrogens is 217 g/mol. The Kier molecular flexibility index (Phi) is 2.78. The molecule has 5 heteroatoms. The van der Waals surface area contributed by atoms with E-state index in [4.69, 9.17) is 11.6 Å². The number of nitrogens with zero attached hydrogens (tertiary/aromatic N) is 2. The second-order valence-corrected chi connectivity index (χ2v) is 3.25. The van der Waals surface area contributed by atoms with Gasteiger partial charge in [-0.25, -0.2) is 14.4 Å². The molecule has 3 nitrogen and oxygen atoms in total. The molecule has 0 amide bonds. The van der Waals surface area contributed by atoms with E-state index in [1.807, 2.05) is 0 Å². The van der Waals surface area contributed by atoms with Gasteiger partial charge in [0.1, 0.15) is 23.1 Å². The third-order valence-corrected chi connectivity index (χ3v) is 1.94. The standard InChI is InChI=1S/C10H7ClFN3/c11-9-5-10(14-6-13-9)15-8-3-1-2-7(12)4-8/h1-6H,(H,13,14,15). The molecule has 0 radical (unpaired) electrons. The molecule has 0 aliphatic heterocycles. The van der Waals surface area contributed by atoms with Gasteiger partial charge in [0.25, 0.3) is 0 Å². The van der Waals surface area contributed by atoms with Crippen molar-refractivity contribution < 1.29 is 4.39 Å². The van der Waals surface area contributed by atoms with Crippen molar-refractivity contribution in [1.29, 1.82) is 0 Å². The fourth-order valence-corrected chi connectivity index (χ4v) is 1.26. The van der Waals surface area contributed by atoms with Crippen LogP contribution in [0.25, 0.3) is 0 Å². The van der Waals surface area contributed by atoms with E-state index in [1.165, 1.54) is 18.5 Å². The minimum Gasteiger partial charge on any atom is -0.340 e. The van der Waals surface area contributed by atoms with Gasteiger partial charge in [0.15, 0.2) is 0 Å². The maximum Gasteiger partial charge on any atom is 0.135 e. The van der Waals surface area contributed by atoms with E-state index in [0.717, 1.165) is 0 Å². The molecule has 1 aromatic carbocycles. The largest absolute Gasteiger partial charge is 0.340 e. The van der Waals surface area contributed by atoms with Gasteiger partial charge in [0.2, 0.25) is 0 Å². The number of benzene rings is 1. The molecule has 1 aromatic heterocycles.